The van der Waals surface area contributed by atoms with Gasteiger partial charge < -0.3 is 14.8 Å². The molecule has 1 aromatic carbocycles. The number of carbonyl (C=O) groups is 1. The Morgan fingerprint density at radius 3 is 2.50 bits per heavy atom. The molecule has 1 amide bonds. The molecule has 0 spiro atoms. The fourth-order valence-corrected chi connectivity index (χ4v) is 3.31. The summed E-state index contributed by atoms with van der Waals surface area (Å²) < 4.78 is 74.7. The van der Waals surface area contributed by atoms with Gasteiger partial charge in [0.1, 0.15) is 6.04 Å². The van der Waals surface area contributed by atoms with E-state index in [9.17, 15) is 26.7 Å². The zero-order chi connectivity index (χ0) is 22.2. The second kappa shape index (κ2) is 8.29. The smallest absolute Gasteiger partial charge is 0.436 e. The number of ether oxygens (including phenoxy) is 2. The number of nitrogens with one attached hydrogen (secondary N) is 1. The van der Waals surface area contributed by atoms with Gasteiger partial charge in [-0.2, -0.15) is 27.1 Å². The zero-order valence-electron chi connectivity index (χ0n) is 15.8. The first-order valence-electron chi connectivity index (χ1n) is 8.81. The lowest BCUT2D eigenvalue weighted by Crippen LogP contribution is -2.26. The molecule has 2 aromatic rings. The Balaban J connectivity index is 1.85. The SMILES string of the molecule is COc1cc(NC(=O)C(C)n2nc(C(F)(F)F)c(Cl)c2C2CC2)ccc1OC(F)F. The van der Waals surface area contributed by atoms with Crippen LogP contribution in [0, 0.1) is 0 Å². The van der Waals surface area contributed by atoms with Crippen LogP contribution in [0.2, 0.25) is 5.02 Å². The van der Waals surface area contributed by atoms with Crippen molar-refractivity contribution in [3.05, 3.63) is 34.6 Å². The van der Waals surface area contributed by atoms with Crippen LogP contribution >= 0.6 is 11.6 Å². The molecule has 1 saturated carbocycles. The molecular weight excluding hydrogens is 437 g/mol. The minimum Gasteiger partial charge on any atom is -0.493 e. The number of rotatable bonds is 7. The lowest BCUT2D eigenvalue weighted by atomic mass is 10.2. The van der Waals surface area contributed by atoms with Gasteiger partial charge in [-0.25, -0.2) is 0 Å². The van der Waals surface area contributed by atoms with Gasteiger partial charge >= 0.3 is 12.8 Å². The van der Waals surface area contributed by atoms with Crippen LogP contribution in [0.25, 0.3) is 0 Å². The highest BCUT2D eigenvalue weighted by Crippen LogP contribution is 2.47. The van der Waals surface area contributed by atoms with Gasteiger partial charge in [-0.05, 0) is 31.9 Å². The fourth-order valence-electron chi connectivity index (χ4n) is 2.92. The highest BCUT2D eigenvalue weighted by atomic mass is 35.5. The van der Waals surface area contributed by atoms with Crippen LogP contribution in [-0.4, -0.2) is 29.4 Å². The van der Waals surface area contributed by atoms with Gasteiger partial charge in [-0.15, -0.1) is 0 Å². The molecule has 0 radical (unpaired) electrons. The summed E-state index contributed by atoms with van der Waals surface area (Å²) in [6.07, 6.45) is -3.45. The van der Waals surface area contributed by atoms with Gasteiger partial charge in [-0.1, -0.05) is 11.6 Å². The largest absolute Gasteiger partial charge is 0.493 e. The number of anilines is 1. The molecule has 1 fully saturated rings. The monoisotopic (exact) mass is 453 g/mol. The molecule has 1 atom stereocenters. The molecule has 1 aromatic heterocycles. The fraction of sp³-hybridized carbons (Fsp3) is 0.444. The van der Waals surface area contributed by atoms with Gasteiger partial charge in [0, 0.05) is 17.7 Å². The average Bonchev–Trinajstić information content (AvgIpc) is 3.43. The topological polar surface area (TPSA) is 65.4 Å². The van der Waals surface area contributed by atoms with Crippen molar-refractivity contribution in [2.24, 2.45) is 0 Å². The van der Waals surface area contributed by atoms with Crippen molar-refractivity contribution in [3.63, 3.8) is 0 Å². The first-order valence-corrected chi connectivity index (χ1v) is 9.19. The molecule has 1 heterocycles. The summed E-state index contributed by atoms with van der Waals surface area (Å²) >= 11 is 5.93. The van der Waals surface area contributed by atoms with E-state index in [1.165, 1.54) is 32.2 Å². The number of methoxy groups -OCH3 is 1. The highest BCUT2D eigenvalue weighted by Gasteiger charge is 2.43. The van der Waals surface area contributed by atoms with Gasteiger partial charge in [-0.3, -0.25) is 9.48 Å². The average molecular weight is 454 g/mol. The Kier molecular flexibility index (Phi) is 6.11. The van der Waals surface area contributed by atoms with Gasteiger partial charge in [0.15, 0.2) is 17.2 Å². The minimum absolute atomic E-state index is 0.0547. The quantitative estimate of drug-likeness (QED) is 0.582. The van der Waals surface area contributed by atoms with E-state index < -0.39 is 35.5 Å². The summed E-state index contributed by atoms with van der Waals surface area (Å²) in [7, 11) is 1.23. The van der Waals surface area contributed by atoms with E-state index in [-0.39, 0.29) is 28.8 Å². The van der Waals surface area contributed by atoms with Crippen molar-refractivity contribution in [1.29, 1.82) is 0 Å². The minimum atomic E-state index is -4.75. The Hall–Kier alpha value is -2.56. The predicted molar refractivity (Wildman–Crippen MR) is 97.2 cm³/mol. The second-order valence-electron chi connectivity index (χ2n) is 6.67. The van der Waals surface area contributed by atoms with Crippen LogP contribution in [0.1, 0.15) is 43.1 Å². The molecule has 6 nitrogen and oxygen atoms in total. The maximum Gasteiger partial charge on any atom is 0.436 e. The number of hydrogen-bond acceptors (Lipinski definition) is 4. The lowest BCUT2D eigenvalue weighted by Gasteiger charge is -2.17. The molecule has 0 bridgehead atoms. The van der Waals surface area contributed by atoms with Crippen LogP contribution in [0.3, 0.4) is 0 Å². The van der Waals surface area contributed by atoms with Crippen LogP contribution in [0.5, 0.6) is 11.5 Å². The van der Waals surface area contributed by atoms with Crippen LogP contribution < -0.4 is 14.8 Å². The lowest BCUT2D eigenvalue weighted by molar-refractivity contribution is -0.141. The van der Waals surface area contributed by atoms with Crippen molar-refractivity contribution in [2.45, 2.75) is 44.5 Å². The number of alkyl halides is 5. The van der Waals surface area contributed by atoms with E-state index in [1.54, 1.807) is 0 Å². The number of amides is 1. The standard InChI is InChI=1S/C18H17ClF5N3O3/c1-8(27-14(9-3-4-9)13(19)15(26-27)18(22,23)24)16(28)25-10-5-6-11(30-17(20)21)12(7-10)29-2/h5-9,17H,3-4H2,1-2H3,(H,25,28). The summed E-state index contributed by atoms with van der Waals surface area (Å²) in [6, 6.07) is 2.61. The predicted octanol–water partition coefficient (Wildman–Crippen LogP) is 5.24. The maximum atomic E-state index is 13.2. The molecule has 3 rings (SSSR count). The van der Waals surface area contributed by atoms with E-state index in [2.05, 4.69) is 15.2 Å². The number of carbonyl (C=O) groups excluding carboxylic acids is 1. The van der Waals surface area contributed by atoms with Gasteiger partial charge in [0.05, 0.1) is 17.8 Å². The zero-order valence-corrected chi connectivity index (χ0v) is 16.5. The summed E-state index contributed by atoms with van der Waals surface area (Å²) in [5, 5.41) is 5.56. The van der Waals surface area contributed by atoms with Crippen LogP contribution in [-0.2, 0) is 11.0 Å². The third-order valence-corrected chi connectivity index (χ3v) is 4.89. The Morgan fingerprint density at radius 2 is 1.97 bits per heavy atom. The Bertz CT molecular complexity index is 944. The van der Waals surface area contributed by atoms with Gasteiger partial charge in [0.25, 0.3) is 0 Å². The summed E-state index contributed by atoms with van der Waals surface area (Å²) in [5.41, 5.74) is -0.890. The number of nitrogens with zero attached hydrogens (tertiary/aromatic N) is 2. The van der Waals surface area contributed by atoms with Crippen molar-refractivity contribution >= 4 is 23.2 Å². The number of halogens is 6. The normalized spacial score (nSPS) is 15.2. The van der Waals surface area contributed by atoms with Gasteiger partial charge in [0.2, 0.25) is 5.91 Å². The van der Waals surface area contributed by atoms with E-state index in [1.807, 2.05) is 0 Å². The van der Waals surface area contributed by atoms with Crippen LogP contribution in [0.15, 0.2) is 18.2 Å². The Morgan fingerprint density at radius 1 is 1.30 bits per heavy atom. The van der Waals surface area contributed by atoms with Crippen molar-refractivity contribution in [3.8, 4) is 11.5 Å². The molecule has 1 unspecified atom stereocenters. The number of aromatic nitrogens is 2. The van der Waals surface area contributed by atoms with E-state index in [0.29, 0.717) is 12.8 Å². The molecule has 0 saturated heterocycles. The first-order chi connectivity index (χ1) is 14.0. The molecule has 12 heteroatoms. The summed E-state index contributed by atoms with van der Waals surface area (Å²) in [5.74, 6) is -1.15. The van der Waals surface area contributed by atoms with E-state index in [0.717, 1.165) is 4.68 Å². The molecule has 164 valence electrons. The Labute approximate surface area is 172 Å². The first kappa shape index (κ1) is 22.1. The molecule has 0 aliphatic heterocycles. The molecule has 1 aliphatic rings. The third-order valence-electron chi connectivity index (χ3n) is 4.51. The molecule has 30 heavy (non-hydrogen) atoms. The van der Waals surface area contributed by atoms with Crippen molar-refractivity contribution < 1.29 is 36.2 Å². The van der Waals surface area contributed by atoms with E-state index in [4.69, 9.17) is 16.3 Å². The molecule has 1 aliphatic carbocycles. The van der Waals surface area contributed by atoms with Crippen molar-refractivity contribution in [2.75, 3.05) is 12.4 Å². The molecule has 1 N–H and O–H groups in total. The van der Waals surface area contributed by atoms with Crippen LogP contribution in [0.4, 0.5) is 27.6 Å². The second-order valence-corrected chi connectivity index (χ2v) is 7.05. The molecular formula is C18H17ClF5N3O3. The van der Waals surface area contributed by atoms with E-state index >= 15 is 0 Å². The summed E-state index contributed by atoms with van der Waals surface area (Å²) in [4.78, 5) is 12.7. The van der Waals surface area contributed by atoms with Crippen molar-refractivity contribution in [1.82, 2.24) is 9.78 Å². The highest BCUT2D eigenvalue weighted by molar-refractivity contribution is 6.32. The number of benzene rings is 1. The third kappa shape index (κ3) is 4.61. The maximum absolute atomic E-state index is 13.2. The summed E-state index contributed by atoms with van der Waals surface area (Å²) in [6.45, 7) is -1.68. The number of hydrogen-bond donors (Lipinski definition) is 1.